The van der Waals surface area contributed by atoms with Gasteiger partial charge in [-0.3, -0.25) is 14.6 Å². The van der Waals surface area contributed by atoms with Crippen LogP contribution in [0, 0.1) is 28.6 Å². The van der Waals surface area contributed by atoms with Crippen LogP contribution in [-0.2, 0) is 28.9 Å². The average Bonchev–Trinajstić information content (AvgIpc) is 3.72. The predicted octanol–water partition coefficient (Wildman–Crippen LogP) is 10.0. The number of rotatable bonds is 8. The number of carbonyl (C=O) groups excluding carboxylic acids is 2. The molecule has 3 aliphatic rings. The minimum Gasteiger partial charge on any atom is -0.306 e. The van der Waals surface area contributed by atoms with Crippen molar-refractivity contribution in [3.05, 3.63) is 71.6 Å². The first-order valence-electron chi connectivity index (χ1n) is 18.4. The SMILES string of the molecule is CC(=O)C(C)(C)C.CC1CCC(CC[C@@H](CC(=O)C2=Nc3cc4c(nc3C2)CC[C@H](C(C)(C)C)C4)c2ccc(-n3ccnc3)cc2)CC1. The zero-order chi connectivity index (χ0) is 34.6. The van der Waals surface area contributed by atoms with Gasteiger partial charge in [-0.2, -0.15) is 0 Å². The Morgan fingerprint density at radius 3 is 2.25 bits per heavy atom. The Bertz CT molecular complexity index is 1580. The summed E-state index contributed by atoms with van der Waals surface area (Å²) in [6.45, 7) is 16.8. The van der Waals surface area contributed by atoms with E-state index in [9.17, 15) is 9.59 Å². The maximum atomic E-state index is 13.8. The van der Waals surface area contributed by atoms with Gasteiger partial charge in [0.2, 0.25) is 0 Å². The smallest absolute Gasteiger partial charge is 0.178 e. The van der Waals surface area contributed by atoms with E-state index in [1.807, 2.05) is 37.9 Å². The number of carbonyl (C=O) groups is 2. The minimum atomic E-state index is -0.139. The van der Waals surface area contributed by atoms with Crippen LogP contribution in [0.2, 0.25) is 0 Å². The molecule has 3 aromatic rings. The lowest BCUT2D eigenvalue weighted by Gasteiger charge is -2.34. The number of hydrogen-bond acceptors (Lipinski definition) is 5. The minimum absolute atomic E-state index is 0.139. The molecule has 0 unspecified atom stereocenters. The third-order valence-electron chi connectivity index (χ3n) is 11.3. The molecule has 0 saturated heterocycles. The molecule has 0 N–H and O–H groups in total. The second-order valence-corrected chi connectivity index (χ2v) is 17.0. The molecule has 0 bridgehead atoms. The highest BCUT2D eigenvalue weighted by molar-refractivity contribution is 6.41. The highest BCUT2D eigenvalue weighted by atomic mass is 16.1. The van der Waals surface area contributed by atoms with E-state index in [0.29, 0.717) is 29.9 Å². The van der Waals surface area contributed by atoms with E-state index in [4.69, 9.17) is 9.98 Å². The molecule has 0 spiro atoms. The molecule has 6 nitrogen and oxygen atoms in total. The molecule has 0 radical (unpaired) electrons. The highest BCUT2D eigenvalue weighted by Gasteiger charge is 2.32. The van der Waals surface area contributed by atoms with Crippen molar-refractivity contribution < 1.29 is 9.59 Å². The van der Waals surface area contributed by atoms with Crippen LogP contribution in [0.4, 0.5) is 5.69 Å². The molecular weight excluding hydrogens is 592 g/mol. The molecular formula is C42H58N4O2. The zero-order valence-corrected chi connectivity index (χ0v) is 30.8. The zero-order valence-electron chi connectivity index (χ0n) is 30.8. The van der Waals surface area contributed by atoms with Crippen LogP contribution in [0.25, 0.3) is 5.69 Å². The lowest BCUT2D eigenvalue weighted by molar-refractivity contribution is -0.124. The lowest BCUT2D eigenvalue weighted by atomic mass is 9.71. The molecule has 48 heavy (non-hydrogen) atoms. The largest absolute Gasteiger partial charge is 0.306 e. The molecule has 2 aromatic heterocycles. The predicted molar refractivity (Wildman–Crippen MR) is 196 cm³/mol. The fourth-order valence-electron chi connectivity index (χ4n) is 7.28. The molecule has 1 saturated carbocycles. The summed E-state index contributed by atoms with van der Waals surface area (Å²) in [5.41, 5.74) is 7.70. The number of ketones is 2. The number of Topliss-reactive ketones (excluding diaryl/α,β-unsaturated/α-hetero) is 2. The maximum Gasteiger partial charge on any atom is 0.178 e. The van der Waals surface area contributed by atoms with Gasteiger partial charge in [0.1, 0.15) is 5.78 Å². The molecule has 3 heterocycles. The first kappa shape index (κ1) is 35.9. The van der Waals surface area contributed by atoms with Gasteiger partial charge in [0.25, 0.3) is 0 Å². The molecule has 2 aliphatic carbocycles. The standard InChI is InChI=1S/C36H46N4O.C6H12O/c1-24-5-7-25(8-6-24)9-10-27(26-11-14-30(15-12-26)40-18-17-37-23-40)21-35(41)34-22-33-32(39-34)20-28-19-29(36(2,3)4)13-16-31(28)38-33;1-5(7)6(2,3)4/h11-12,14-15,17-18,20,23-25,27,29H,5-10,13,16,19,21-22H2,1-4H3;1-4H3/t24?,25?,27-,29-;/m0./s1. The van der Waals surface area contributed by atoms with Crippen LogP contribution in [-0.4, -0.2) is 31.8 Å². The number of fused-ring (bicyclic) bond motifs is 2. The summed E-state index contributed by atoms with van der Waals surface area (Å²) in [4.78, 5) is 38.4. The highest BCUT2D eigenvalue weighted by Crippen LogP contribution is 2.40. The van der Waals surface area contributed by atoms with E-state index < -0.39 is 0 Å². The molecule has 0 amide bonds. The van der Waals surface area contributed by atoms with Crippen LogP contribution >= 0.6 is 0 Å². The Hall–Kier alpha value is -3.41. The summed E-state index contributed by atoms with van der Waals surface area (Å²) in [6.07, 6.45) is 17.6. The van der Waals surface area contributed by atoms with E-state index in [0.717, 1.165) is 48.2 Å². The summed E-state index contributed by atoms with van der Waals surface area (Å²) < 4.78 is 2.02. The van der Waals surface area contributed by atoms with Crippen molar-refractivity contribution in [1.82, 2.24) is 14.5 Å². The average molecular weight is 651 g/mol. The third kappa shape index (κ3) is 9.18. The van der Waals surface area contributed by atoms with Crippen molar-refractivity contribution in [3.63, 3.8) is 0 Å². The fraction of sp³-hybridized carbons (Fsp3) is 0.595. The summed E-state index contributed by atoms with van der Waals surface area (Å²) in [7, 11) is 0. The molecule has 1 aliphatic heterocycles. The number of aliphatic imine (C=N–C) groups is 1. The molecule has 258 valence electrons. The lowest BCUT2D eigenvalue weighted by Crippen LogP contribution is -2.27. The van der Waals surface area contributed by atoms with Crippen LogP contribution in [0.5, 0.6) is 0 Å². The van der Waals surface area contributed by atoms with Gasteiger partial charge in [-0.1, -0.05) is 86.3 Å². The topological polar surface area (TPSA) is 77.2 Å². The maximum absolute atomic E-state index is 13.8. The number of benzene rings is 1. The van der Waals surface area contributed by atoms with Crippen molar-refractivity contribution in [1.29, 1.82) is 0 Å². The Labute approximate surface area is 289 Å². The van der Waals surface area contributed by atoms with Crippen LogP contribution in [0.1, 0.15) is 135 Å². The fourth-order valence-corrected chi connectivity index (χ4v) is 7.28. The second-order valence-electron chi connectivity index (χ2n) is 17.0. The Morgan fingerprint density at radius 1 is 0.958 bits per heavy atom. The van der Waals surface area contributed by atoms with Gasteiger partial charge >= 0.3 is 0 Å². The van der Waals surface area contributed by atoms with Gasteiger partial charge in [-0.25, -0.2) is 9.98 Å². The van der Waals surface area contributed by atoms with Gasteiger partial charge < -0.3 is 4.57 Å². The van der Waals surface area contributed by atoms with Crippen molar-refractivity contribution in [2.45, 2.75) is 132 Å². The quantitative estimate of drug-likeness (QED) is 0.243. The first-order valence-corrected chi connectivity index (χ1v) is 18.4. The van der Waals surface area contributed by atoms with Crippen LogP contribution in [0.3, 0.4) is 0 Å². The van der Waals surface area contributed by atoms with Gasteiger partial charge in [-0.05, 0) is 97.4 Å². The summed E-state index contributed by atoms with van der Waals surface area (Å²) in [5, 5.41) is 0. The summed E-state index contributed by atoms with van der Waals surface area (Å²) in [5.74, 6) is 2.95. The van der Waals surface area contributed by atoms with E-state index in [1.165, 1.54) is 55.3 Å². The second kappa shape index (κ2) is 15.0. The van der Waals surface area contributed by atoms with E-state index in [2.05, 4.69) is 63.0 Å². The summed E-state index contributed by atoms with van der Waals surface area (Å²) >= 11 is 0. The Balaban J connectivity index is 0.000000582. The van der Waals surface area contributed by atoms with Crippen LogP contribution in [0.15, 0.2) is 54.0 Å². The van der Waals surface area contributed by atoms with Crippen molar-refractivity contribution in [2.24, 2.45) is 33.6 Å². The van der Waals surface area contributed by atoms with E-state index in [-0.39, 0.29) is 22.9 Å². The molecule has 6 heteroatoms. The van der Waals surface area contributed by atoms with Crippen molar-refractivity contribution >= 4 is 23.0 Å². The number of hydrogen-bond donors (Lipinski definition) is 0. The van der Waals surface area contributed by atoms with E-state index in [1.54, 1.807) is 13.1 Å². The normalized spacial score (nSPS) is 21.3. The van der Waals surface area contributed by atoms with Gasteiger partial charge in [-0.15, -0.1) is 0 Å². The van der Waals surface area contributed by atoms with Crippen molar-refractivity contribution in [3.8, 4) is 5.69 Å². The molecule has 6 rings (SSSR count). The number of nitrogens with zero attached hydrogens (tertiary/aromatic N) is 4. The molecule has 2 atom stereocenters. The first-order chi connectivity index (χ1) is 22.7. The summed E-state index contributed by atoms with van der Waals surface area (Å²) in [6, 6.07) is 11.0. The van der Waals surface area contributed by atoms with Gasteiger partial charge in [0.15, 0.2) is 5.78 Å². The number of pyridine rings is 1. The number of imidazole rings is 1. The van der Waals surface area contributed by atoms with Gasteiger partial charge in [0.05, 0.1) is 23.4 Å². The third-order valence-corrected chi connectivity index (χ3v) is 11.3. The van der Waals surface area contributed by atoms with Gasteiger partial charge in [0, 0.05) is 42.0 Å². The van der Waals surface area contributed by atoms with Crippen molar-refractivity contribution in [2.75, 3.05) is 0 Å². The van der Waals surface area contributed by atoms with E-state index >= 15 is 0 Å². The molecule has 1 aromatic carbocycles. The molecule has 1 fully saturated rings. The number of aryl methyl sites for hydroxylation is 1. The van der Waals surface area contributed by atoms with Crippen LogP contribution < -0.4 is 0 Å². The number of aromatic nitrogens is 3. The Kier molecular flexibility index (Phi) is 11.2. The monoisotopic (exact) mass is 650 g/mol. The Morgan fingerprint density at radius 2 is 1.65 bits per heavy atom.